The summed E-state index contributed by atoms with van der Waals surface area (Å²) in [4.78, 5) is 44.8. The highest BCUT2D eigenvalue weighted by atomic mass is 16.5. The number of aryl methyl sites for hydroxylation is 1. The van der Waals surface area contributed by atoms with Gasteiger partial charge in [-0.25, -0.2) is 9.78 Å². The topological polar surface area (TPSA) is 105 Å². The van der Waals surface area contributed by atoms with Gasteiger partial charge in [-0.05, 0) is 56.5 Å². The molecule has 9 nitrogen and oxygen atoms in total. The van der Waals surface area contributed by atoms with Crippen molar-refractivity contribution in [3.63, 3.8) is 0 Å². The van der Waals surface area contributed by atoms with Gasteiger partial charge >= 0.3 is 5.97 Å². The molecule has 0 unspecified atom stereocenters. The molecule has 1 amide bonds. The number of anilines is 1. The first-order valence-corrected chi connectivity index (χ1v) is 11.3. The van der Waals surface area contributed by atoms with Gasteiger partial charge in [0, 0.05) is 31.9 Å². The predicted octanol–water partition coefficient (Wildman–Crippen LogP) is 1.31. The number of likely N-dealkylation sites (tertiary alicyclic amines) is 1. The second-order valence-corrected chi connectivity index (χ2v) is 9.38. The first kappa shape index (κ1) is 21.8. The molecule has 174 valence electrons. The van der Waals surface area contributed by atoms with E-state index in [-0.39, 0.29) is 24.0 Å². The molecule has 3 aliphatic rings. The van der Waals surface area contributed by atoms with Crippen molar-refractivity contribution in [2.75, 3.05) is 31.1 Å². The lowest BCUT2D eigenvalue weighted by atomic mass is 9.77. The van der Waals surface area contributed by atoms with E-state index in [0.29, 0.717) is 24.5 Å². The molecule has 5 rings (SSSR count). The van der Waals surface area contributed by atoms with Gasteiger partial charge in [-0.2, -0.15) is 0 Å². The van der Waals surface area contributed by atoms with Crippen LogP contribution in [0, 0.1) is 12.3 Å². The van der Waals surface area contributed by atoms with Crippen molar-refractivity contribution in [1.29, 1.82) is 0 Å². The minimum Gasteiger partial charge on any atom is -0.457 e. The van der Waals surface area contributed by atoms with E-state index in [0.717, 1.165) is 49.0 Å². The lowest BCUT2D eigenvalue weighted by Crippen LogP contribution is -2.46. The largest absolute Gasteiger partial charge is 0.457 e. The quantitative estimate of drug-likeness (QED) is 0.698. The molecule has 1 aromatic heterocycles. The van der Waals surface area contributed by atoms with Gasteiger partial charge in [0.05, 0.1) is 23.3 Å². The summed E-state index contributed by atoms with van der Waals surface area (Å²) in [5, 5.41) is 10.9. The molecule has 1 atom stereocenters. The minimum atomic E-state index is -0.675. The molecule has 33 heavy (non-hydrogen) atoms. The number of rotatable bonds is 4. The van der Waals surface area contributed by atoms with Crippen LogP contribution in [0.15, 0.2) is 29.3 Å². The molecule has 2 saturated heterocycles. The lowest BCUT2D eigenvalue weighted by molar-refractivity contribution is -0.128. The Morgan fingerprint density at radius 3 is 2.61 bits per heavy atom. The van der Waals surface area contributed by atoms with E-state index in [1.807, 2.05) is 13.0 Å². The van der Waals surface area contributed by atoms with E-state index in [9.17, 15) is 19.5 Å². The van der Waals surface area contributed by atoms with Crippen LogP contribution in [0.5, 0.6) is 0 Å². The van der Waals surface area contributed by atoms with Crippen LogP contribution in [-0.4, -0.2) is 57.6 Å². The van der Waals surface area contributed by atoms with Gasteiger partial charge in [0.2, 0.25) is 5.91 Å². The van der Waals surface area contributed by atoms with Crippen molar-refractivity contribution < 1.29 is 19.4 Å². The zero-order valence-corrected chi connectivity index (χ0v) is 18.9. The number of amides is 1. The van der Waals surface area contributed by atoms with Crippen molar-refractivity contribution in [3.05, 3.63) is 57.1 Å². The van der Waals surface area contributed by atoms with E-state index >= 15 is 0 Å². The van der Waals surface area contributed by atoms with Crippen LogP contribution in [-0.2, 0) is 23.2 Å². The monoisotopic (exact) mass is 452 g/mol. The maximum atomic E-state index is 13.3. The molecule has 0 aliphatic carbocycles. The fourth-order valence-electron chi connectivity index (χ4n) is 5.36. The van der Waals surface area contributed by atoms with Crippen molar-refractivity contribution in [3.8, 4) is 0 Å². The molecule has 0 saturated carbocycles. The summed E-state index contributed by atoms with van der Waals surface area (Å²) in [5.74, 6) is 0.290. The van der Waals surface area contributed by atoms with Gasteiger partial charge in [-0.1, -0.05) is 6.07 Å². The van der Waals surface area contributed by atoms with Crippen molar-refractivity contribution in [1.82, 2.24) is 14.5 Å². The van der Waals surface area contributed by atoms with Crippen LogP contribution in [0.1, 0.15) is 52.4 Å². The third-order valence-electron chi connectivity index (χ3n) is 7.56. The number of carbonyl (C=O) groups excluding carboxylic acids is 2. The number of benzene rings is 1. The molecule has 1 N–H and O–H groups in total. The Kier molecular flexibility index (Phi) is 5.33. The molecule has 4 heterocycles. The molecule has 1 spiro atoms. The molecular formula is C24H28N4O5. The number of nitrogens with zero attached hydrogens (tertiary/aromatic N) is 4. The Morgan fingerprint density at radius 1 is 1.15 bits per heavy atom. The zero-order chi connectivity index (χ0) is 23.3. The number of esters is 1. The van der Waals surface area contributed by atoms with E-state index in [2.05, 4.69) is 9.88 Å². The fourth-order valence-corrected chi connectivity index (χ4v) is 5.36. The van der Waals surface area contributed by atoms with Gasteiger partial charge in [0.15, 0.2) is 5.82 Å². The Hall–Kier alpha value is -3.04. The molecule has 1 aromatic carbocycles. The Bertz CT molecular complexity index is 1180. The number of aliphatic hydroxyl groups excluding tert-OH is 1. The number of piperidine rings is 1. The van der Waals surface area contributed by atoms with Crippen molar-refractivity contribution in [2.45, 2.75) is 38.9 Å². The molecule has 2 aromatic rings. The highest BCUT2D eigenvalue weighted by molar-refractivity contribution is 5.99. The van der Waals surface area contributed by atoms with E-state index in [4.69, 9.17) is 4.74 Å². The molecule has 2 fully saturated rings. The summed E-state index contributed by atoms with van der Waals surface area (Å²) in [6.45, 7) is 4.71. The van der Waals surface area contributed by atoms with Gasteiger partial charge in [-0.3, -0.25) is 14.5 Å². The molecule has 9 heteroatoms. The fraction of sp³-hybridized carbons (Fsp3) is 0.500. The number of ether oxygens (including phenoxy) is 1. The van der Waals surface area contributed by atoms with Crippen LogP contribution < -0.4 is 10.5 Å². The second kappa shape index (κ2) is 8.07. The van der Waals surface area contributed by atoms with Crippen LogP contribution in [0.2, 0.25) is 0 Å². The number of aromatic nitrogens is 2. The molecule has 0 radical (unpaired) electrons. The first-order chi connectivity index (χ1) is 15.8. The summed E-state index contributed by atoms with van der Waals surface area (Å²) < 4.78 is 6.56. The van der Waals surface area contributed by atoms with Crippen LogP contribution in [0.25, 0.3) is 0 Å². The normalized spacial score (nSPS) is 20.9. The smallest absolute Gasteiger partial charge is 0.338 e. The van der Waals surface area contributed by atoms with E-state index < -0.39 is 11.5 Å². The summed E-state index contributed by atoms with van der Waals surface area (Å²) in [6.07, 6.45) is 4.41. The Labute approximate surface area is 191 Å². The van der Waals surface area contributed by atoms with Gasteiger partial charge in [-0.15, -0.1) is 0 Å². The Balaban J connectivity index is 1.23. The summed E-state index contributed by atoms with van der Waals surface area (Å²) in [6, 6.07) is 3.55. The maximum absolute atomic E-state index is 13.3. The number of carbonyl (C=O) groups is 2. The van der Waals surface area contributed by atoms with Gasteiger partial charge in [0.1, 0.15) is 6.61 Å². The number of cyclic esters (lactones) is 1. The van der Waals surface area contributed by atoms with Crippen LogP contribution in [0.3, 0.4) is 0 Å². The highest BCUT2D eigenvalue weighted by Gasteiger charge is 2.49. The summed E-state index contributed by atoms with van der Waals surface area (Å²) in [7, 11) is 1.65. The van der Waals surface area contributed by atoms with Crippen LogP contribution in [0.4, 0.5) is 5.82 Å². The SMILES string of the molecule is Cc1c([C@@H](O)CN2CCC3(CC2)CCN(c2cn(C)c(=O)cn2)C3=O)ccc2c1COC2=O. The standard InChI is InChI=1S/C24H28N4O5/c1-15-16(3-4-17-18(15)14-33-22(17)31)19(29)12-27-8-5-24(6-9-27)7-10-28(23(24)32)20-13-26(2)21(30)11-25-20/h3-4,11,13,19,29H,5-10,12,14H2,1-2H3/t19-/m0/s1. The lowest BCUT2D eigenvalue weighted by Gasteiger charge is -2.38. The number of fused-ring (bicyclic) bond motifs is 1. The highest BCUT2D eigenvalue weighted by Crippen LogP contribution is 2.43. The maximum Gasteiger partial charge on any atom is 0.338 e. The average Bonchev–Trinajstić information content (AvgIpc) is 3.33. The zero-order valence-electron chi connectivity index (χ0n) is 18.9. The van der Waals surface area contributed by atoms with Crippen molar-refractivity contribution in [2.24, 2.45) is 12.5 Å². The molecule has 3 aliphatic heterocycles. The van der Waals surface area contributed by atoms with E-state index in [1.165, 1.54) is 10.8 Å². The van der Waals surface area contributed by atoms with Crippen molar-refractivity contribution >= 4 is 17.7 Å². The molecular weight excluding hydrogens is 424 g/mol. The summed E-state index contributed by atoms with van der Waals surface area (Å²) in [5.41, 5.74) is 2.56. The van der Waals surface area contributed by atoms with Crippen LogP contribution >= 0.6 is 0 Å². The van der Waals surface area contributed by atoms with E-state index in [1.54, 1.807) is 24.2 Å². The second-order valence-electron chi connectivity index (χ2n) is 9.38. The summed E-state index contributed by atoms with van der Waals surface area (Å²) >= 11 is 0. The van der Waals surface area contributed by atoms with Gasteiger partial charge in [0.25, 0.3) is 5.56 Å². The number of hydrogen-bond acceptors (Lipinski definition) is 7. The number of β-amino-alcohol motifs (C(OH)–C–C–N with tert-alkyl or cyclic N) is 1. The molecule has 0 bridgehead atoms. The Morgan fingerprint density at radius 2 is 1.88 bits per heavy atom. The third-order valence-corrected chi connectivity index (χ3v) is 7.56. The third kappa shape index (κ3) is 3.65. The minimum absolute atomic E-state index is 0.0768. The first-order valence-electron chi connectivity index (χ1n) is 11.3. The number of hydrogen-bond donors (Lipinski definition) is 1. The number of aliphatic hydroxyl groups is 1. The predicted molar refractivity (Wildman–Crippen MR) is 120 cm³/mol. The van der Waals surface area contributed by atoms with Gasteiger partial charge < -0.3 is 19.3 Å². The average molecular weight is 453 g/mol.